The second-order valence-electron chi connectivity index (χ2n) is 7.90. The smallest absolute Gasteiger partial charge is 0.255 e. The van der Waals surface area contributed by atoms with E-state index < -0.39 is 0 Å². The maximum Gasteiger partial charge on any atom is 0.255 e. The lowest BCUT2D eigenvalue weighted by Gasteiger charge is -2.12. The quantitative estimate of drug-likeness (QED) is 0.298. The molecule has 0 aliphatic carbocycles. The van der Waals surface area contributed by atoms with Crippen LogP contribution in [0.15, 0.2) is 97.7 Å². The molecule has 1 amide bonds. The Labute approximate surface area is 207 Å². The molecule has 0 aliphatic rings. The molecule has 0 saturated heterocycles. The first kappa shape index (κ1) is 22.3. The van der Waals surface area contributed by atoms with Gasteiger partial charge in [0.2, 0.25) is 5.95 Å². The minimum atomic E-state index is -0.214. The first-order valence-electron chi connectivity index (χ1n) is 10.9. The lowest BCUT2D eigenvalue weighted by atomic mass is 10.1. The van der Waals surface area contributed by atoms with E-state index in [4.69, 9.17) is 11.6 Å². The monoisotopic (exact) mass is 480 g/mol. The van der Waals surface area contributed by atoms with Gasteiger partial charge in [-0.25, -0.2) is 15.0 Å². The van der Waals surface area contributed by atoms with Gasteiger partial charge >= 0.3 is 0 Å². The van der Waals surface area contributed by atoms with Crippen LogP contribution >= 0.6 is 11.6 Å². The van der Waals surface area contributed by atoms with Crippen molar-refractivity contribution in [3.63, 3.8) is 0 Å². The molecular formula is C27H21ClN6O. The van der Waals surface area contributed by atoms with E-state index in [1.54, 1.807) is 43.0 Å². The van der Waals surface area contributed by atoms with Crippen LogP contribution in [0.5, 0.6) is 0 Å². The van der Waals surface area contributed by atoms with Crippen LogP contribution in [0.2, 0.25) is 5.02 Å². The topological polar surface area (TPSA) is 84.7 Å². The summed E-state index contributed by atoms with van der Waals surface area (Å²) in [4.78, 5) is 25.7. The summed E-state index contributed by atoms with van der Waals surface area (Å²) >= 11 is 5.91. The van der Waals surface area contributed by atoms with Gasteiger partial charge in [0.05, 0.1) is 12.0 Å². The molecule has 3 aromatic carbocycles. The molecule has 35 heavy (non-hydrogen) atoms. The van der Waals surface area contributed by atoms with Gasteiger partial charge in [-0.2, -0.15) is 0 Å². The minimum absolute atomic E-state index is 0.214. The third-order valence-electron chi connectivity index (χ3n) is 5.47. The SMILES string of the molecule is Cc1ccc(NC(=O)c2ccc(Cl)cc2)cc1Nc1nccc(-c2ccc(-n3ccnc3)cc2)n1. The fraction of sp³-hybridized carbons (Fsp3) is 0.0370. The molecule has 0 radical (unpaired) electrons. The van der Waals surface area contributed by atoms with E-state index in [9.17, 15) is 4.79 Å². The molecule has 5 rings (SSSR count). The third-order valence-corrected chi connectivity index (χ3v) is 5.72. The van der Waals surface area contributed by atoms with E-state index in [-0.39, 0.29) is 5.91 Å². The highest BCUT2D eigenvalue weighted by molar-refractivity contribution is 6.30. The zero-order valence-corrected chi connectivity index (χ0v) is 19.6. The molecule has 0 atom stereocenters. The molecule has 0 unspecified atom stereocenters. The molecule has 0 aliphatic heterocycles. The Morgan fingerprint density at radius 3 is 2.49 bits per heavy atom. The Morgan fingerprint density at radius 1 is 0.943 bits per heavy atom. The van der Waals surface area contributed by atoms with Crippen LogP contribution in [0.1, 0.15) is 15.9 Å². The molecule has 7 nitrogen and oxygen atoms in total. The van der Waals surface area contributed by atoms with E-state index in [1.165, 1.54) is 0 Å². The molecule has 0 fully saturated rings. The zero-order chi connectivity index (χ0) is 24.2. The Hall–Kier alpha value is -4.49. The van der Waals surface area contributed by atoms with Crippen molar-refractivity contribution in [3.05, 3.63) is 114 Å². The zero-order valence-electron chi connectivity index (χ0n) is 18.8. The van der Waals surface area contributed by atoms with E-state index in [0.29, 0.717) is 22.2 Å². The minimum Gasteiger partial charge on any atom is -0.324 e. The lowest BCUT2D eigenvalue weighted by Crippen LogP contribution is -2.12. The number of nitrogens with zero attached hydrogens (tertiary/aromatic N) is 4. The fourth-order valence-corrected chi connectivity index (χ4v) is 3.68. The largest absolute Gasteiger partial charge is 0.324 e. The number of carbonyl (C=O) groups is 1. The number of hydrogen-bond donors (Lipinski definition) is 2. The second kappa shape index (κ2) is 9.79. The standard InChI is InChI=1S/C27H21ClN6O/c1-18-2-9-22(31-26(35)20-3-7-21(28)8-4-20)16-25(18)33-27-30-13-12-24(32-27)19-5-10-23(11-6-19)34-15-14-29-17-34/h2-17H,1H3,(H,31,35)(H,30,32,33). The molecule has 8 heteroatoms. The van der Waals surface area contributed by atoms with Crippen molar-refractivity contribution in [2.75, 3.05) is 10.6 Å². The van der Waals surface area contributed by atoms with Gasteiger partial charge in [-0.1, -0.05) is 29.8 Å². The molecular weight excluding hydrogens is 460 g/mol. The Kier molecular flexibility index (Phi) is 6.24. The van der Waals surface area contributed by atoms with Crippen molar-refractivity contribution in [2.45, 2.75) is 6.92 Å². The first-order valence-corrected chi connectivity index (χ1v) is 11.3. The normalized spacial score (nSPS) is 10.7. The molecule has 2 N–H and O–H groups in total. The molecule has 2 aromatic heterocycles. The van der Waals surface area contributed by atoms with Gasteiger partial charge in [0.1, 0.15) is 0 Å². The van der Waals surface area contributed by atoms with Crippen molar-refractivity contribution in [2.24, 2.45) is 0 Å². The number of hydrogen-bond acceptors (Lipinski definition) is 5. The van der Waals surface area contributed by atoms with Crippen LogP contribution in [-0.2, 0) is 0 Å². The number of amides is 1. The van der Waals surface area contributed by atoms with Gasteiger partial charge in [0, 0.05) is 51.8 Å². The maximum atomic E-state index is 12.6. The summed E-state index contributed by atoms with van der Waals surface area (Å²) < 4.78 is 1.94. The number of rotatable bonds is 6. The molecule has 0 saturated carbocycles. The van der Waals surface area contributed by atoms with Crippen molar-refractivity contribution < 1.29 is 4.79 Å². The van der Waals surface area contributed by atoms with E-state index in [0.717, 1.165) is 28.2 Å². The molecule has 0 bridgehead atoms. The van der Waals surface area contributed by atoms with Gasteiger partial charge in [0.25, 0.3) is 5.91 Å². The highest BCUT2D eigenvalue weighted by atomic mass is 35.5. The summed E-state index contributed by atoms with van der Waals surface area (Å²) in [5.41, 5.74) is 5.76. The van der Waals surface area contributed by atoms with E-state index >= 15 is 0 Å². The number of aromatic nitrogens is 4. The van der Waals surface area contributed by atoms with Gasteiger partial charge in [-0.05, 0) is 67.1 Å². The summed E-state index contributed by atoms with van der Waals surface area (Å²) in [6.45, 7) is 1.98. The third kappa shape index (κ3) is 5.20. The summed E-state index contributed by atoms with van der Waals surface area (Å²) in [5.74, 6) is 0.249. The number of anilines is 3. The summed E-state index contributed by atoms with van der Waals surface area (Å²) in [6.07, 6.45) is 7.12. The molecule has 5 aromatic rings. The predicted molar refractivity (Wildman–Crippen MR) is 138 cm³/mol. The van der Waals surface area contributed by atoms with E-state index in [1.807, 2.05) is 66.2 Å². The number of imidazole rings is 1. The number of aryl methyl sites for hydroxylation is 1. The summed E-state index contributed by atoms with van der Waals surface area (Å²) in [7, 11) is 0. The summed E-state index contributed by atoms with van der Waals surface area (Å²) in [5, 5.41) is 6.77. The number of carbonyl (C=O) groups excluding carboxylic acids is 1. The number of halogens is 1. The van der Waals surface area contributed by atoms with Crippen LogP contribution in [0.25, 0.3) is 16.9 Å². The maximum absolute atomic E-state index is 12.6. The van der Waals surface area contributed by atoms with Crippen molar-refractivity contribution >= 4 is 34.8 Å². The van der Waals surface area contributed by atoms with Gasteiger partial charge in [0.15, 0.2) is 0 Å². The fourth-order valence-electron chi connectivity index (χ4n) is 3.56. The van der Waals surface area contributed by atoms with Crippen LogP contribution in [0.4, 0.5) is 17.3 Å². The van der Waals surface area contributed by atoms with Crippen molar-refractivity contribution in [1.29, 1.82) is 0 Å². The van der Waals surface area contributed by atoms with E-state index in [2.05, 4.69) is 25.6 Å². The van der Waals surface area contributed by atoms with Gasteiger partial charge < -0.3 is 15.2 Å². The highest BCUT2D eigenvalue weighted by Crippen LogP contribution is 2.25. The molecule has 2 heterocycles. The Balaban J connectivity index is 1.33. The van der Waals surface area contributed by atoms with Crippen LogP contribution in [0, 0.1) is 6.92 Å². The summed E-state index contributed by atoms with van der Waals surface area (Å²) in [6, 6.07) is 22.3. The second-order valence-corrected chi connectivity index (χ2v) is 8.33. The average Bonchev–Trinajstić information content (AvgIpc) is 3.42. The van der Waals surface area contributed by atoms with Crippen LogP contribution in [0.3, 0.4) is 0 Å². The van der Waals surface area contributed by atoms with Crippen molar-refractivity contribution in [1.82, 2.24) is 19.5 Å². The lowest BCUT2D eigenvalue weighted by molar-refractivity contribution is 0.102. The highest BCUT2D eigenvalue weighted by Gasteiger charge is 2.09. The van der Waals surface area contributed by atoms with Gasteiger partial charge in [-0.15, -0.1) is 0 Å². The average molecular weight is 481 g/mol. The molecule has 172 valence electrons. The molecule has 0 spiro atoms. The van der Waals surface area contributed by atoms with Crippen LogP contribution < -0.4 is 10.6 Å². The number of benzene rings is 3. The van der Waals surface area contributed by atoms with Crippen LogP contribution in [-0.4, -0.2) is 25.4 Å². The van der Waals surface area contributed by atoms with Gasteiger partial charge in [-0.3, -0.25) is 4.79 Å². The Bertz CT molecular complexity index is 1470. The number of nitrogens with one attached hydrogen (secondary N) is 2. The Morgan fingerprint density at radius 2 is 1.74 bits per heavy atom. The first-order chi connectivity index (χ1) is 17.0. The predicted octanol–water partition coefficient (Wildman–Crippen LogP) is 6.29. The van der Waals surface area contributed by atoms with Crippen molar-refractivity contribution in [3.8, 4) is 16.9 Å².